The molecule has 2 rings (SSSR count). The Kier molecular flexibility index (Phi) is 4.10. The lowest BCUT2D eigenvalue weighted by Crippen LogP contribution is -2.19. The maximum atomic E-state index is 12.4. The zero-order valence-corrected chi connectivity index (χ0v) is 12.1. The molecule has 2 aromatic heterocycles. The summed E-state index contributed by atoms with van der Waals surface area (Å²) in [6, 6.07) is 3.16. The largest absolute Gasteiger partial charge is 0.431 e. The standard InChI is InChI=1S/C13H11F3N2O3S/c1-8-2-3-10(6-17-8)22(20,21)7-9-5-18-12(4-11(9)19)13(14,15)16/h2-6H,7H2,1H3,(H,18,19). The second-order valence-corrected chi connectivity index (χ2v) is 6.62. The highest BCUT2D eigenvalue weighted by Gasteiger charge is 2.32. The van der Waals surface area contributed by atoms with Crippen molar-refractivity contribution < 1.29 is 21.6 Å². The number of halogens is 3. The van der Waals surface area contributed by atoms with Gasteiger partial charge in [-0.2, -0.15) is 13.2 Å². The number of rotatable bonds is 3. The third-order valence-electron chi connectivity index (χ3n) is 2.89. The predicted molar refractivity (Wildman–Crippen MR) is 71.9 cm³/mol. The van der Waals surface area contributed by atoms with E-state index in [1.807, 2.05) is 4.98 Å². The second kappa shape index (κ2) is 5.56. The minimum absolute atomic E-state index is 0.0996. The van der Waals surface area contributed by atoms with E-state index in [-0.39, 0.29) is 10.5 Å². The van der Waals surface area contributed by atoms with Crippen LogP contribution < -0.4 is 5.43 Å². The Hall–Kier alpha value is -2.16. The lowest BCUT2D eigenvalue weighted by Gasteiger charge is -2.08. The van der Waals surface area contributed by atoms with Gasteiger partial charge in [-0.15, -0.1) is 0 Å². The van der Waals surface area contributed by atoms with Crippen LogP contribution in [0.25, 0.3) is 0 Å². The van der Waals surface area contributed by atoms with Gasteiger partial charge in [0.05, 0.1) is 10.6 Å². The number of pyridine rings is 2. The maximum Gasteiger partial charge on any atom is 0.431 e. The summed E-state index contributed by atoms with van der Waals surface area (Å²) in [5.41, 5.74) is -1.87. The third kappa shape index (κ3) is 3.53. The van der Waals surface area contributed by atoms with Crippen LogP contribution in [-0.2, 0) is 21.8 Å². The summed E-state index contributed by atoms with van der Waals surface area (Å²) in [5, 5.41) is 0. The van der Waals surface area contributed by atoms with Crippen molar-refractivity contribution in [3.05, 3.63) is 57.8 Å². The zero-order chi connectivity index (χ0) is 16.5. The Morgan fingerprint density at radius 2 is 1.95 bits per heavy atom. The van der Waals surface area contributed by atoms with Gasteiger partial charge in [0.1, 0.15) is 5.69 Å². The molecule has 1 N–H and O–H groups in total. The fraction of sp³-hybridized carbons (Fsp3) is 0.231. The molecule has 118 valence electrons. The lowest BCUT2D eigenvalue weighted by atomic mass is 10.2. The fourth-order valence-corrected chi connectivity index (χ4v) is 2.99. The van der Waals surface area contributed by atoms with Crippen molar-refractivity contribution in [2.45, 2.75) is 23.7 Å². The average Bonchev–Trinajstić information content (AvgIpc) is 2.40. The van der Waals surface area contributed by atoms with Crippen molar-refractivity contribution in [2.24, 2.45) is 0 Å². The predicted octanol–water partition coefficient (Wildman–Crippen LogP) is 2.07. The molecule has 0 unspecified atom stereocenters. The number of hydrogen-bond acceptors (Lipinski definition) is 4. The molecule has 2 heterocycles. The van der Waals surface area contributed by atoms with Crippen LogP contribution in [-0.4, -0.2) is 18.4 Å². The Morgan fingerprint density at radius 1 is 1.27 bits per heavy atom. The smallest absolute Gasteiger partial charge is 0.357 e. The van der Waals surface area contributed by atoms with Gasteiger partial charge in [-0.05, 0) is 19.1 Å². The minimum atomic E-state index is -4.70. The summed E-state index contributed by atoms with van der Waals surface area (Å²) in [5.74, 6) is -0.703. The number of sulfone groups is 1. The summed E-state index contributed by atoms with van der Waals surface area (Å²) >= 11 is 0. The van der Waals surface area contributed by atoms with E-state index in [0.29, 0.717) is 11.8 Å². The van der Waals surface area contributed by atoms with Crippen molar-refractivity contribution in [1.29, 1.82) is 0 Å². The van der Waals surface area contributed by atoms with E-state index in [0.717, 1.165) is 12.4 Å². The molecule has 0 aliphatic carbocycles. The summed E-state index contributed by atoms with van der Waals surface area (Å²) in [7, 11) is -3.86. The molecule has 2 aromatic rings. The highest BCUT2D eigenvalue weighted by Crippen LogP contribution is 2.26. The third-order valence-corrected chi connectivity index (χ3v) is 4.54. The van der Waals surface area contributed by atoms with Crippen molar-refractivity contribution >= 4 is 9.84 Å². The monoisotopic (exact) mass is 332 g/mol. The number of hydrogen-bond donors (Lipinski definition) is 1. The Balaban J connectivity index is 2.34. The minimum Gasteiger partial charge on any atom is -0.357 e. The average molecular weight is 332 g/mol. The molecule has 0 fully saturated rings. The van der Waals surface area contributed by atoms with Gasteiger partial charge in [-0.1, -0.05) is 0 Å². The SMILES string of the molecule is Cc1ccc(S(=O)(=O)Cc2c[nH]c(C(F)(F)F)cc2=O)cn1. The molecule has 22 heavy (non-hydrogen) atoms. The van der Waals surface area contributed by atoms with E-state index >= 15 is 0 Å². The molecule has 0 saturated carbocycles. The second-order valence-electron chi connectivity index (χ2n) is 4.63. The van der Waals surface area contributed by atoms with Gasteiger partial charge in [-0.3, -0.25) is 9.78 Å². The molecule has 0 aromatic carbocycles. The first-order valence-electron chi connectivity index (χ1n) is 6.04. The summed E-state index contributed by atoms with van der Waals surface area (Å²) in [6.07, 6.45) is -2.79. The summed E-state index contributed by atoms with van der Waals surface area (Å²) in [6.45, 7) is 1.68. The van der Waals surface area contributed by atoms with Crippen LogP contribution in [0.5, 0.6) is 0 Å². The number of aromatic nitrogens is 2. The molecule has 0 spiro atoms. The number of nitrogens with zero attached hydrogens (tertiary/aromatic N) is 1. The first-order valence-corrected chi connectivity index (χ1v) is 7.69. The quantitative estimate of drug-likeness (QED) is 0.933. The molecular weight excluding hydrogens is 321 g/mol. The number of H-pyrrole nitrogens is 1. The Labute approximate surface area is 123 Å². The van der Waals surface area contributed by atoms with Gasteiger partial charge < -0.3 is 4.98 Å². The van der Waals surface area contributed by atoms with Crippen molar-refractivity contribution in [3.8, 4) is 0 Å². The van der Waals surface area contributed by atoms with Crippen LogP contribution in [0.15, 0.2) is 40.3 Å². The van der Waals surface area contributed by atoms with Crippen LogP contribution in [0.1, 0.15) is 17.0 Å². The molecule has 0 radical (unpaired) electrons. The number of aromatic amines is 1. The van der Waals surface area contributed by atoms with Crippen LogP contribution in [0.3, 0.4) is 0 Å². The lowest BCUT2D eigenvalue weighted by molar-refractivity contribution is -0.141. The van der Waals surface area contributed by atoms with E-state index in [1.165, 1.54) is 12.1 Å². The van der Waals surface area contributed by atoms with Crippen LogP contribution in [0.2, 0.25) is 0 Å². The number of nitrogens with one attached hydrogen (secondary N) is 1. The summed E-state index contributed by atoms with van der Waals surface area (Å²) < 4.78 is 61.6. The van der Waals surface area contributed by atoms with Gasteiger partial charge in [0.25, 0.3) is 0 Å². The van der Waals surface area contributed by atoms with E-state index in [9.17, 15) is 26.4 Å². The zero-order valence-electron chi connectivity index (χ0n) is 11.3. The number of alkyl halides is 3. The molecule has 0 atom stereocenters. The number of aryl methyl sites for hydroxylation is 1. The van der Waals surface area contributed by atoms with Gasteiger partial charge in [0, 0.05) is 29.7 Å². The van der Waals surface area contributed by atoms with E-state index in [1.54, 1.807) is 6.92 Å². The van der Waals surface area contributed by atoms with Gasteiger partial charge in [0.2, 0.25) is 0 Å². The molecule has 0 bridgehead atoms. The van der Waals surface area contributed by atoms with Crippen molar-refractivity contribution in [3.63, 3.8) is 0 Å². The molecule has 9 heteroatoms. The van der Waals surface area contributed by atoms with Gasteiger partial charge >= 0.3 is 6.18 Å². The Morgan fingerprint density at radius 3 is 2.45 bits per heavy atom. The molecular formula is C13H11F3N2O3S. The Bertz CT molecular complexity index is 840. The van der Waals surface area contributed by atoms with Gasteiger partial charge in [0.15, 0.2) is 15.3 Å². The van der Waals surface area contributed by atoms with Gasteiger partial charge in [-0.25, -0.2) is 8.42 Å². The molecule has 0 amide bonds. The maximum absolute atomic E-state index is 12.4. The van der Waals surface area contributed by atoms with Crippen LogP contribution in [0.4, 0.5) is 13.2 Å². The molecule has 5 nitrogen and oxygen atoms in total. The summed E-state index contributed by atoms with van der Waals surface area (Å²) in [4.78, 5) is 17.3. The van der Waals surface area contributed by atoms with Crippen molar-refractivity contribution in [2.75, 3.05) is 0 Å². The highest BCUT2D eigenvalue weighted by atomic mass is 32.2. The van der Waals surface area contributed by atoms with Crippen LogP contribution >= 0.6 is 0 Å². The van der Waals surface area contributed by atoms with E-state index < -0.39 is 32.9 Å². The molecule has 0 aliphatic rings. The van der Waals surface area contributed by atoms with E-state index in [2.05, 4.69) is 4.98 Å². The fourth-order valence-electron chi connectivity index (χ4n) is 1.70. The highest BCUT2D eigenvalue weighted by molar-refractivity contribution is 7.90. The van der Waals surface area contributed by atoms with Crippen LogP contribution in [0, 0.1) is 6.92 Å². The molecule has 0 aliphatic heterocycles. The first-order chi connectivity index (χ1) is 10.1. The normalized spacial score (nSPS) is 12.4. The molecule has 0 saturated heterocycles. The topological polar surface area (TPSA) is 79.9 Å². The van der Waals surface area contributed by atoms with E-state index in [4.69, 9.17) is 0 Å². The van der Waals surface area contributed by atoms with Crippen molar-refractivity contribution in [1.82, 2.24) is 9.97 Å². The first kappa shape index (κ1) is 16.2.